The lowest BCUT2D eigenvalue weighted by Gasteiger charge is -2.07. The Morgan fingerprint density at radius 3 is 2.85 bits per heavy atom. The van der Waals surface area contributed by atoms with Gasteiger partial charge in [-0.2, -0.15) is 0 Å². The maximum Gasteiger partial charge on any atom is 0.126 e. The van der Waals surface area contributed by atoms with E-state index in [9.17, 15) is 8.78 Å². The molecule has 0 radical (unpaired) electrons. The SMILES string of the molecule is CNCCC(F)c1cccc(F)c1. The third-order valence-electron chi connectivity index (χ3n) is 1.86. The van der Waals surface area contributed by atoms with Gasteiger partial charge in [0.05, 0.1) is 0 Å². The van der Waals surface area contributed by atoms with E-state index in [-0.39, 0.29) is 5.82 Å². The molecule has 1 aromatic carbocycles. The van der Waals surface area contributed by atoms with E-state index < -0.39 is 6.17 Å². The molecule has 3 heteroatoms. The zero-order valence-electron chi connectivity index (χ0n) is 7.56. The Kier molecular flexibility index (Phi) is 3.83. The fourth-order valence-electron chi connectivity index (χ4n) is 1.14. The number of halogens is 2. The molecule has 1 unspecified atom stereocenters. The average Bonchev–Trinajstić information content (AvgIpc) is 2.14. The molecule has 13 heavy (non-hydrogen) atoms. The van der Waals surface area contributed by atoms with Crippen LogP contribution >= 0.6 is 0 Å². The fourth-order valence-corrected chi connectivity index (χ4v) is 1.14. The van der Waals surface area contributed by atoms with Crippen LogP contribution in [0, 0.1) is 5.82 Å². The number of hydrogen-bond donors (Lipinski definition) is 1. The van der Waals surface area contributed by atoms with Crippen LogP contribution in [0.15, 0.2) is 24.3 Å². The summed E-state index contributed by atoms with van der Waals surface area (Å²) < 4.78 is 26.0. The highest BCUT2D eigenvalue weighted by molar-refractivity contribution is 5.18. The van der Waals surface area contributed by atoms with Crippen molar-refractivity contribution in [2.24, 2.45) is 0 Å². The van der Waals surface area contributed by atoms with Gasteiger partial charge in [0.15, 0.2) is 0 Å². The average molecular weight is 185 g/mol. The molecule has 0 saturated heterocycles. The molecule has 0 bridgehead atoms. The lowest BCUT2D eigenvalue weighted by atomic mass is 10.1. The van der Waals surface area contributed by atoms with Gasteiger partial charge in [0.2, 0.25) is 0 Å². The van der Waals surface area contributed by atoms with Crippen LogP contribution in [-0.4, -0.2) is 13.6 Å². The van der Waals surface area contributed by atoms with Gasteiger partial charge in [-0.25, -0.2) is 8.78 Å². The van der Waals surface area contributed by atoms with Crippen molar-refractivity contribution < 1.29 is 8.78 Å². The maximum absolute atomic E-state index is 13.3. The zero-order valence-corrected chi connectivity index (χ0v) is 7.56. The van der Waals surface area contributed by atoms with E-state index in [4.69, 9.17) is 0 Å². The molecule has 0 aliphatic heterocycles. The lowest BCUT2D eigenvalue weighted by molar-refractivity contribution is 0.320. The van der Waals surface area contributed by atoms with Crippen molar-refractivity contribution in [3.8, 4) is 0 Å². The van der Waals surface area contributed by atoms with E-state index in [1.807, 2.05) is 0 Å². The highest BCUT2D eigenvalue weighted by Gasteiger charge is 2.08. The standard InChI is InChI=1S/C10H13F2N/c1-13-6-5-10(12)8-3-2-4-9(11)7-8/h2-4,7,10,13H,5-6H2,1H3. The van der Waals surface area contributed by atoms with Crippen molar-refractivity contribution in [3.05, 3.63) is 35.6 Å². The second-order valence-electron chi connectivity index (χ2n) is 2.91. The summed E-state index contributed by atoms with van der Waals surface area (Å²) in [6.45, 7) is 0.595. The quantitative estimate of drug-likeness (QED) is 0.759. The zero-order chi connectivity index (χ0) is 9.68. The minimum atomic E-state index is -1.08. The van der Waals surface area contributed by atoms with Crippen LogP contribution in [-0.2, 0) is 0 Å². The van der Waals surface area contributed by atoms with Crippen molar-refractivity contribution in [2.45, 2.75) is 12.6 Å². The minimum Gasteiger partial charge on any atom is -0.320 e. The Morgan fingerprint density at radius 1 is 1.46 bits per heavy atom. The van der Waals surface area contributed by atoms with Crippen LogP contribution in [0.25, 0.3) is 0 Å². The minimum absolute atomic E-state index is 0.375. The maximum atomic E-state index is 13.3. The molecule has 72 valence electrons. The summed E-state index contributed by atoms with van der Waals surface area (Å²) in [5.41, 5.74) is 0.412. The third-order valence-corrected chi connectivity index (χ3v) is 1.86. The first-order chi connectivity index (χ1) is 6.24. The van der Waals surface area contributed by atoms with Crippen molar-refractivity contribution in [3.63, 3.8) is 0 Å². The third kappa shape index (κ3) is 3.11. The van der Waals surface area contributed by atoms with Crippen molar-refractivity contribution in [1.29, 1.82) is 0 Å². The van der Waals surface area contributed by atoms with Gasteiger partial charge < -0.3 is 5.32 Å². The first-order valence-corrected chi connectivity index (χ1v) is 4.28. The highest BCUT2D eigenvalue weighted by Crippen LogP contribution is 2.20. The van der Waals surface area contributed by atoms with E-state index in [0.717, 1.165) is 0 Å². The van der Waals surface area contributed by atoms with E-state index in [0.29, 0.717) is 18.5 Å². The molecule has 0 aliphatic carbocycles. The van der Waals surface area contributed by atoms with Gasteiger partial charge in [0.1, 0.15) is 12.0 Å². The predicted octanol–water partition coefficient (Wildman–Crippen LogP) is 2.45. The van der Waals surface area contributed by atoms with Crippen LogP contribution in [0.2, 0.25) is 0 Å². The molecule has 0 aromatic heterocycles. The summed E-state index contributed by atoms with van der Waals surface area (Å²) in [4.78, 5) is 0. The van der Waals surface area contributed by atoms with Crippen molar-refractivity contribution >= 4 is 0 Å². The van der Waals surface area contributed by atoms with Gasteiger partial charge in [-0.1, -0.05) is 12.1 Å². The van der Waals surface area contributed by atoms with E-state index in [1.54, 1.807) is 13.1 Å². The van der Waals surface area contributed by atoms with Gasteiger partial charge in [0, 0.05) is 0 Å². The molecule has 0 aliphatic rings. The van der Waals surface area contributed by atoms with E-state index in [2.05, 4.69) is 5.32 Å². The molecule has 0 spiro atoms. The van der Waals surface area contributed by atoms with Gasteiger partial charge in [-0.3, -0.25) is 0 Å². The fraction of sp³-hybridized carbons (Fsp3) is 0.400. The summed E-state index contributed by atoms with van der Waals surface area (Å²) in [5, 5.41) is 2.85. The molecule has 1 nitrogen and oxygen atoms in total. The number of rotatable bonds is 4. The summed E-state index contributed by atoms with van der Waals surface area (Å²) >= 11 is 0. The van der Waals surface area contributed by atoms with Gasteiger partial charge in [-0.15, -0.1) is 0 Å². The molecule has 0 heterocycles. The summed E-state index contributed by atoms with van der Waals surface area (Å²) in [5.74, 6) is -0.385. The second kappa shape index (κ2) is 4.92. The van der Waals surface area contributed by atoms with Crippen LogP contribution in [0.1, 0.15) is 18.2 Å². The van der Waals surface area contributed by atoms with Crippen LogP contribution < -0.4 is 5.32 Å². The predicted molar refractivity (Wildman–Crippen MR) is 48.8 cm³/mol. The monoisotopic (exact) mass is 185 g/mol. The van der Waals surface area contributed by atoms with Crippen molar-refractivity contribution in [1.82, 2.24) is 5.32 Å². The van der Waals surface area contributed by atoms with Gasteiger partial charge in [-0.05, 0) is 37.7 Å². The first kappa shape index (κ1) is 10.1. The Bertz CT molecular complexity index is 263. The Balaban J connectivity index is 2.60. The van der Waals surface area contributed by atoms with Crippen molar-refractivity contribution in [2.75, 3.05) is 13.6 Å². The van der Waals surface area contributed by atoms with Crippen LogP contribution in [0.3, 0.4) is 0 Å². The van der Waals surface area contributed by atoms with E-state index >= 15 is 0 Å². The van der Waals surface area contributed by atoms with Gasteiger partial charge >= 0.3 is 0 Å². The lowest BCUT2D eigenvalue weighted by Crippen LogP contribution is -2.10. The summed E-state index contributed by atoms with van der Waals surface area (Å²) in [6, 6.07) is 5.68. The molecule has 1 aromatic rings. The molecule has 1 rings (SSSR count). The molecular formula is C10H13F2N. The van der Waals surface area contributed by atoms with Crippen LogP contribution in [0.5, 0.6) is 0 Å². The highest BCUT2D eigenvalue weighted by atomic mass is 19.1. The number of nitrogens with one attached hydrogen (secondary N) is 1. The number of benzene rings is 1. The molecule has 1 atom stereocenters. The first-order valence-electron chi connectivity index (χ1n) is 4.28. The van der Waals surface area contributed by atoms with Crippen LogP contribution in [0.4, 0.5) is 8.78 Å². The molecule has 0 saturated carbocycles. The molecule has 1 N–H and O–H groups in total. The van der Waals surface area contributed by atoms with E-state index in [1.165, 1.54) is 18.2 Å². The Morgan fingerprint density at radius 2 is 2.23 bits per heavy atom. The van der Waals surface area contributed by atoms with Gasteiger partial charge in [0.25, 0.3) is 0 Å². The topological polar surface area (TPSA) is 12.0 Å². The largest absolute Gasteiger partial charge is 0.320 e. The Labute approximate surface area is 76.8 Å². The number of hydrogen-bond acceptors (Lipinski definition) is 1. The second-order valence-corrected chi connectivity index (χ2v) is 2.91. The summed E-state index contributed by atoms with van der Waals surface area (Å²) in [7, 11) is 1.76. The molecular weight excluding hydrogens is 172 g/mol. The Hall–Kier alpha value is -0.960. The molecule has 0 fully saturated rings. The molecule has 0 amide bonds. The summed E-state index contributed by atoms with van der Waals surface area (Å²) in [6.07, 6.45) is -0.705. The number of alkyl halides is 1. The normalized spacial score (nSPS) is 12.8. The smallest absolute Gasteiger partial charge is 0.126 e.